The molecule has 0 saturated heterocycles. The Morgan fingerprint density at radius 1 is 1.06 bits per heavy atom. The molecule has 0 spiro atoms. The van der Waals surface area contributed by atoms with Crippen molar-refractivity contribution in [3.63, 3.8) is 0 Å². The van der Waals surface area contributed by atoms with E-state index in [2.05, 4.69) is 18.0 Å². The van der Waals surface area contributed by atoms with Crippen molar-refractivity contribution in [3.8, 4) is 5.75 Å². The van der Waals surface area contributed by atoms with Crippen LogP contribution >= 0.6 is 0 Å². The number of unbranched alkanes of at least 4 members (excludes halogenated alkanes) is 3. The number of nitrogens with zero attached hydrogens (tertiary/aromatic N) is 2. The number of aryl methyl sites for hydroxylation is 2. The minimum Gasteiger partial charge on any atom is -0.493 e. The maximum Gasteiger partial charge on any atom is 0.330 e. The van der Waals surface area contributed by atoms with E-state index in [1.54, 1.807) is 0 Å². The van der Waals surface area contributed by atoms with Crippen molar-refractivity contribution in [3.05, 3.63) is 50.2 Å². The van der Waals surface area contributed by atoms with Crippen LogP contribution in [0.4, 0.5) is 11.5 Å². The summed E-state index contributed by atoms with van der Waals surface area (Å²) in [6, 6.07) is 5.89. The highest BCUT2D eigenvalue weighted by atomic mass is 16.5. The van der Waals surface area contributed by atoms with Gasteiger partial charge >= 0.3 is 5.69 Å². The lowest BCUT2D eigenvalue weighted by atomic mass is 10.1. The van der Waals surface area contributed by atoms with Gasteiger partial charge in [-0.05, 0) is 49.9 Å². The Kier molecular flexibility index (Phi) is 9.56. The predicted octanol–water partition coefficient (Wildman–Crippen LogP) is 3.53. The van der Waals surface area contributed by atoms with Gasteiger partial charge in [0, 0.05) is 13.1 Å². The molecule has 8 heteroatoms. The maximum absolute atomic E-state index is 13.1. The van der Waals surface area contributed by atoms with Gasteiger partial charge in [0.05, 0.1) is 13.0 Å². The molecule has 2 rings (SSSR count). The first kappa shape index (κ1) is 25.2. The summed E-state index contributed by atoms with van der Waals surface area (Å²) >= 11 is 0. The summed E-state index contributed by atoms with van der Waals surface area (Å²) in [6.07, 6.45) is 4.31. The average Bonchev–Trinajstić information content (AvgIpc) is 2.71. The fraction of sp³-hybridized carbons (Fsp3) is 0.542. The Balaban J connectivity index is 2.25. The van der Waals surface area contributed by atoms with Crippen LogP contribution < -0.4 is 26.6 Å². The van der Waals surface area contributed by atoms with E-state index < -0.39 is 11.2 Å². The van der Waals surface area contributed by atoms with Crippen LogP contribution in [0.1, 0.15) is 63.5 Å². The average molecular weight is 445 g/mol. The molecule has 0 aliphatic carbocycles. The van der Waals surface area contributed by atoms with Gasteiger partial charge in [0.2, 0.25) is 5.91 Å². The van der Waals surface area contributed by atoms with Crippen molar-refractivity contribution < 1.29 is 9.53 Å². The molecule has 0 aliphatic heterocycles. The third-order valence-corrected chi connectivity index (χ3v) is 5.29. The van der Waals surface area contributed by atoms with Crippen LogP contribution in [0.3, 0.4) is 0 Å². The molecule has 0 radical (unpaired) electrons. The monoisotopic (exact) mass is 444 g/mol. The van der Waals surface area contributed by atoms with Gasteiger partial charge < -0.3 is 15.4 Å². The molecule has 0 saturated carbocycles. The number of ether oxygens (including phenoxy) is 1. The molecule has 176 valence electrons. The number of rotatable bonds is 12. The number of carbonyl (C=O) groups excluding carboxylic acids is 1. The Hall–Kier alpha value is -3.03. The van der Waals surface area contributed by atoms with Crippen LogP contribution in [0.2, 0.25) is 0 Å². The number of nitrogens with one attached hydrogen (secondary N) is 1. The molecule has 3 N–H and O–H groups in total. The Bertz CT molecular complexity index is 1010. The van der Waals surface area contributed by atoms with Crippen molar-refractivity contribution in [1.82, 2.24) is 9.55 Å². The van der Waals surface area contributed by atoms with Gasteiger partial charge in [-0.1, -0.05) is 39.2 Å². The first-order chi connectivity index (χ1) is 15.3. The number of aromatic amines is 1. The lowest BCUT2D eigenvalue weighted by Gasteiger charge is -2.24. The lowest BCUT2D eigenvalue weighted by Crippen LogP contribution is -2.42. The SMILES string of the molecule is CCCCCN(C(=O)CCOc1cc(C)cc(C)c1)c1c(N)n(CCCC)c(=O)[nH]c1=O. The first-order valence-corrected chi connectivity index (χ1v) is 11.4. The molecule has 1 heterocycles. The van der Waals surface area contributed by atoms with Crippen molar-refractivity contribution in [2.24, 2.45) is 0 Å². The second kappa shape index (κ2) is 12.1. The van der Waals surface area contributed by atoms with Gasteiger partial charge in [0.1, 0.15) is 11.6 Å². The highest BCUT2D eigenvalue weighted by Crippen LogP contribution is 2.20. The quantitative estimate of drug-likeness (QED) is 0.487. The number of carbonyl (C=O) groups is 1. The number of nitrogen functional groups attached to an aromatic ring is 1. The molecule has 2 aromatic rings. The number of aromatic nitrogens is 2. The van der Waals surface area contributed by atoms with Gasteiger partial charge in [0.15, 0.2) is 5.69 Å². The number of nitrogens with two attached hydrogens (primary N) is 1. The molecule has 1 amide bonds. The van der Waals surface area contributed by atoms with E-state index in [1.165, 1.54) is 9.47 Å². The fourth-order valence-corrected chi connectivity index (χ4v) is 3.66. The second-order valence-corrected chi connectivity index (χ2v) is 8.17. The van der Waals surface area contributed by atoms with Crippen LogP contribution in [-0.2, 0) is 11.3 Å². The minimum absolute atomic E-state index is 0.0345. The topological polar surface area (TPSA) is 110 Å². The minimum atomic E-state index is -0.639. The van der Waals surface area contributed by atoms with Gasteiger partial charge in [0.25, 0.3) is 5.56 Å². The number of hydrogen-bond acceptors (Lipinski definition) is 5. The number of hydrogen-bond donors (Lipinski definition) is 2. The molecule has 0 fully saturated rings. The van der Waals surface area contributed by atoms with Gasteiger partial charge in [-0.3, -0.25) is 19.1 Å². The number of H-pyrrole nitrogens is 1. The van der Waals surface area contributed by atoms with E-state index >= 15 is 0 Å². The van der Waals surface area contributed by atoms with Gasteiger partial charge in [-0.2, -0.15) is 0 Å². The summed E-state index contributed by atoms with van der Waals surface area (Å²) in [5.41, 5.74) is 7.27. The summed E-state index contributed by atoms with van der Waals surface area (Å²) < 4.78 is 7.13. The second-order valence-electron chi connectivity index (χ2n) is 8.17. The summed E-state index contributed by atoms with van der Waals surface area (Å²) in [5.74, 6) is 0.481. The van der Waals surface area contributed by atoms with Crippen LogP contribution in [0.15, 0.2) is 27.8 Å². The number of anilines is 2. The highest BCUT2D eigenvalue weighted by molar-refractivity contribution is 5.95. The molecule has 0 aliphatic rings. The standard InChI is InChI=1S/C24H36N4O4/c1-5-7-9-12-27(20(29)10-13-32-19-15-17(3)14-18(4)16-19)21-22(25)28(11-8-6-2)24(31)26-23(21)30/h14-16H,5-13,25H2,1-4H3,(H,26,30,31). The van der Waals surface area contributed by atoms with E-state index in [-0.39, 0.29) is 30.4 Å². The first-order valence-electron chi connectivity index (χ1n) is 11.4. The molecule has 1 aromatic carbocycles. The van der Waals surface area contributed by atoms with Crippen molar-refractivity contribution in [2.45, 2.75) is 72.8 Å². The zero-order valence-corrected chi connectivity index (χ0v) is 19.7. The molecule has 0 unspecified atom stereocenters. The van der Waals surface area contributed by atoms with Crippen molar-refractivity contribution in [2.75, 3.05) is 23.8 Å². The zero-order chi connectivity index (χ0) is 23.7. The number of benzene rings is 1. The van der Waals surface area contributed by atoms with Crippen LogP contribution in [0.25, 0.3) is 0 Å². The fourth-order valence-electron chi connectivity index (χ4n) is 3.66. The summed E-state index contributed by atoms with van der Waals surface area (Å²) in [6.45, 7) is 8.97. The zero-order valence-electron chi connectivity index (χ0n) is 19.7. The summed E-state index contributed by atoms with van der Waals surface area (Å²) in [7, 11) is 0. The molecule has 1 aromatic heterocycles. The molecular weight excluding hydrogens is 408 g/mol. The molecule has 8 nitrogen and oxygen atoms in total. The largest absolute Gasteiger partial charge is 0.493 e. The maximum atomic E-state index is 13.1. The van der Waals surface area contributed by atoms with Crippen LogP contribution in [-0.4, -0.2) is 28.6 Å². The van der Waals surface area contributed by atoms with E-state index in [0.29, 0.717) is 18.8 Å². The molecular formula is C24H36N4O4. The Labute approximate surface area is 189 Å². The molecule has 32 heavy (non-hydrogen) atoms. The van der Waals surface area contributed by atoms with Gasteiger partial charge in [-0.15, -0.1) is 0 Å². The molecule has 0 atom stereocenters. The van der Waals surface area contributed by atoms with E-state index in [4.69, 9.17) is 10.5 Å². The third kappa shape index (κ3) is 6.73. The van der Waals surface area contributed by atoms with Gasteiger partial charge in [-0.25, -0.2) is 4.79 Å². The van der Waals surface area contributed by atoms with E-state index in [0.717, 1.165) is 43.2 Å². The van der Waals surface area contributed by atoms with E-state index in [9.17, 15) is 14.4 Å². The lowest BCUT2D eigenvalue weighted by molar-refractivity contribution is -0.119. The molecule has 0 bridgehead atoms. The Morgan fingerprint density at radius 2 is 1.72 bits per heavy atom. The smallest absolute Gasteiger partial charge is 0.330 e. The van der Waals surface area contributed by atoms with Crippen molar-refractivity contribution >= 4 is 17.4 Å². The normalized spacial score (nSPS) is 10.9. The number of amides is 1. The summed E-state index contributed by atoms with van der Waals surface area (Å²) in [5, 5.41) is 0. The highest BCUT2D eigenvalue weighted by Gasteiger charge is 2.23. The van der Waals surface area contributed by atoms with E-state index in [1.807, 2.05) is 32.9 Å². The summed E-state index contributed by atoms with van der Waals surface area (Å²) in [4.78, 5) is 41.8. The Morgan fingerprint density at radius 3 is 2.34 bits per heavy atom. The van der Waals surface area contributed by atoms with Crippen molar-refractivity contribution in [1.29, 1.82) is 0 Å². The van der Waals surface area contributed by atoms with Crippen LogP contribution in [0, 0.1) is 13.8 Å². The predicted molar refractivity (Wildman–Crippen MR) is 129 cm³/mol. The van der Waals surface area contributed by atoms with Crippen LogP contribution in [0.5, 0.6) is 5.75 Å². The third-order valence-electron chi connectivity index (χ3n) is 5.29.